The van der Waals surface area contributed by atoms with Crippen LogP contribution >= 0.6 is 0 Å². The van der Waals surface area contributed by atoms with Crippen LogP contribution < -0.4 is 9.62 Å². The molecule has 1 heterocycles. The number of hydrogen-bond acceptors (Lipinski definition) is 4. The lowest BCUT2D eigenvalue weighted by atomic mass is 9.89. The number of hydrogen-bond donors (Lipinski definition) is 1. The molecule has 1 aliphatic carbocycles. The molecule has 30 heavy (non-hydrogen) atoms. The van der Waals surface area contributed by atoms with Gasteiger partial charge in [0.05, 0.1) is 4.90 Å². The van der Waals surface area contributed by atoms with Crippen molar-refractivity contribution < 1.29 is 8.42 Å². The van der Waals surface area contributed by atoms with E-state index in [1.54, 1.807) is 24.3 Å². The Kier molecular flexibility index (Phi) is 6.76. The van der Waals surface area contributed by atoms with Crippen molar-refractivity contribution in [1.82, 2.24) is 9.62 Å². The molecule has 2 atom stereocenters. The van der Waals surface area contributed by atoms with Gasteiger partial charge in [0.1, 0.15) is 0 Å². The number of piperazine rings is 1. The lowest BCUT2D eigenvalue weighted by Crippen LogP contribution is -2.58. The second-order valence-electron chi connectivity index (χ2n) is 8.44. The Morgan fingerprint density at radius 3 is 2.23 bits per heavy atom. The van der Waals surface area contributed by atoms with Crippen LogP contribution in [0.5, 0.6) is 0 Å². The minimum atomic E-state index is -3.48. The molecule has 0 unspecified atom stereocenters. The van der Waals surface area contributed by atoms with E-state index in [0.29, 0.717) is 4.90 Å². The predicted octanol–water partition coefficient (Wildman–Crippen LogP) is 3.66. The standard InChI is InChI=1S/C24H33N3O2S/c1-2-20-12-14-21(15-13-20)26-16-18-27(19-17-26)24-11-7-6-10-23(24)25-30(28,29)22-8-4-3-5-9-22/h3-5,8-9,12-15,23-25H,2,6-7,10-11,16-19H2,1H3/t23-,24+/m0/s1. The second kappa shape index (κ2) is 9.50. The lowest BCUT2D eigenvalue weighted by Gasteiger charge is -2.44. The summed E-state index contributed by atoms with van der Waals surface area (Å²) >= 11 is 0. The third kappa shape index (κ3) is 4.88. The van der Waals surface area contributed by atoms with Gasteiger partial charge in [0.2, 0.25) is 10.0 Å². The summed E-state index contributed by atoms with van der Waals surface area (Å²) in [4.78, 5) is 5.31. The summed E-state index contributed by atoms with van der Waals surface area (Å²) in [5.41, 5.74) is 2.66. The van der Waals surface area contributed by atoms with Gasteiger partial charge in [-0.2, -0.15) is 0 Å². The van der Waals surface area contributed by atoms with Crippen LogP contribution in [0, 0.1) is 0 Å². The monoisotopic (exact) mass is 427 g/mol. The van der Waals surface area contributed by atoms with E-state index in [9.17, 15) is 8.42 Å². The molecular formula is C24H33N3O2S. The van der Waals surface area contributed by atoms with Crippen molar-refractivity contribution in [3.63, 3.8) is 0 Å². The zero-order chi connectivity index (χ0) is 21.0. The molecule has 0 aromatic heterocycles. The van der Waals surface area contributed by atoms with Gasteiger partial charge < -0.3 is 4.90 Å². The molecule has 1 saturated carbocycles. The molecule has 1 N–H and O–H groups in total. The number of anilines is 1. The van der Waals surface area contributed by atoms with Crippen LogP contribution in [0.2, 0.25) is 0 Å². The van der Waals surface area contributed by atoms with Crippen LogP contribution in [0.25, 0.3) is 0 Å². The molecule has 5 nitrogen and oxygen atoms in total. The van der Waals surface area contributed by atoms with Gasteiger partial charge in [-0.3, -0.25) is 4.90 Å². The topological polar surface area (TPSA) is 52.6 Å². The van der Waals surface area contributed by atoms with Gasteiger partial charge in [-0.05, 0) is 49.1 Å². The highest BCUT2D eigenvalue weighted by molar-refractivity contribution is 7.89. The molecule has 2 aromatic carbocycles. The van der Waals surface area contributed by atoms with Crippen LogP contribution in [0.4, 0.5) is 5.69 Å². The van der Waals surface area contributed by atoms with Crippen LogP contribution in [-0.2, 0) is 16.4 Å². The minimum Gasteiger partial charge on any atom is -0.369 e. The van der Waals surface area contributed by atoms with Crippen molar-refractivity contribution in [3.05, 3.63) is 60.2 Å². The molecule has 1 aliphatic heterocycles. The summed E-state index contributed by atoms with van der Waals surface area (Å²) in [6.45, 7) is 6.11. The van der Waals surface area contributed by atoms with Gasteiger partial charge in [0.25, 0.3) is 0 Å². The average Bonchev–Trinajstić information content (AvgIpc) is 2.80. The van der Waals surface area contributed by atoms with Crippen molar-refractivity contribution in [3.8, 4) is 0 Å². The van der Waals surface area contributed by atoms with E-state index in [-0.39, 0.29) is 12.1 Å². The zero-order valence-corrected chi connectivity index (χ0v) is 18.7. The highest BCUT2D eigenvalue weighted by Crippen LogP contribution is 2.27. The largest absolute Gasteiger partial charge is 0.369 e. The Labute approximate surface area is 181 Å². The lowest BCUT2D eigenvalue weighted by molar-refractivity contribution is 0.124. The Balaban J connectivity index is 1.40. The summed E-state index contributed by atoms with van der Waals surface area (Å²) in [5, 5.41) is 0. The molecule has 1 saturated heterocycles. The van der Waals surface area contributed by atoms with E-state index in [4.69, 9.17) is 0 Å². The third-order valence-electron chi connectivity index (χ3n) is 6.58. The van der Waals surface area contributed by atoms with Crippen molar-refractivity contribution in [2.45, 2.75) is 56.0 Å². The highest BCUT2D eigenvalue weighted by atomic mass is 32.2. The molecular weight excluding hydrogens is 394 g/mol. The van der Waals surface area contributed by atoms with Crippen molar-refractivity contribution in [2.75, 3.05) is 31.1 Å². The van der Waals surface area contributed by atoms with Gasteiger partial charge in [-0.25, -0.2) is 13.1 Å². The van der Waals surface area contributed by atoms with E-state index in [1.807, 2.05) is 6.07 Å². The van der Waals surface area contributed by atoms with Crippen LogP contribution in [-0.4, -0.2) is 51.6 Å². The molecule has 2 fully saturated rings. The first-order valence-electron chi connectivity index (χ1n) is 11.2. The number of benzene rings is 2. The van der Waals surface area contributed by atoms with E-state index >= 15 is 0 Å². The number of sulfonamides is 1. The van der Waals surface area contributed by atoms with Gasteiger partial charge in [0.15, 0.2) is 0 Å². The predicted molar refractivity (Wildman–Crippen MR) is 122 cm³/mol. The number of nitrogens with zero attached hydrogens (tertiary/aromatic N) is 2. The molecule has 2 aliphatic rings. The first-order chi connectivity index (χ1) is 14.6. The summed E-state index contributed by atoms with van der Waals surface area (Å²) in [6.07, 6.45) is 5.30. The van der Waals surface area contributed by atoms with E-state index in [1.165, 1.54) is 17.7 Å². The smallest absolute Gasteiger partial charge is 0.240 e. The van der Waals surface area contributed by atoms with Crippen molar-refractivity contribution in [1.29, 1.82) is 0 Å². The third-order valence-corrected chi connectivity index (χ3v) is 8.09. The summed E-state index contributed by atoms with van der Waals surface area (Å²) < 4.78 is 28.8. The Morgan fingerprint density at radius 2 is 1.57 bits per heavy atom. The van der Waals surface area contributed by atoms with Gasteiger partial charge in [-0.1, -0.05) is 50.1 Å². The first-order valence-corrected chi connectivity index (χ1v) is 12.7. The van der Waals surface area contributed by atoms with Crippen molar-refractivity contribution in [2.24, 2.45) is 0 Å². The Bertz CT molecular complexity index is 907. The van der Waals surface area contributed by atoms with E-state index < -0.39 is 10.0 Å². The summed E-state index contributed by atoms with van der Waals surface area (Å²) in [7, 11) is -3.48. The fourth-order valence-electron chi connectivity index (χ4n) is 4.81. The molecule has 0 radical (unpaired) electrons. The molecule has 162 valence electrons. The number of nitrogens with one attached hydrogen (secondary N) is 1. The molecule has 0 amide bonds. The molecule has 0 spiro atoms. The van der Waals surface area contributed by atoms with Crippen molar-refractivity contribution >= 4 is 15.7 Å². The molecule has 4 rings (SSSR count). The van der Waals surface area contributed by atoms with Crippen LogP contribution in [0.15, 0.2) is 59.5 Å². The molecule has 2 aromatic rings. The summed E-state index contributed by atoms with van der Waals surface area (Å²) in [6, 6.07) is 17.9. The van der Waals surface area contributed by atoms with E-state index in [2.05, 4.69) is 45.7 Å². The maximum atomic E-state index is 12.9. The minimum absolute atomic E-state index is 0.0145. The van der Waals surface area contributed by atoms with Crippen LogP contribution in [0.1, 0.15) is 38.2 Å². The fourth-order valence-corrected chi connectivity index (χ4v) is 6.13. The second-order valence-corrected chi connectivity index (χ2v) is 10.1. The van der Waals surface area contributed by atoms with Crippen LogP contribution in [0.3, 0.4) is 0 Å². The average molecular weight is 428 g/mol. The van der Waals surface area contributed by atoms with Gasteiger partial charge in [0, 0.05) is 44.0 Å². The fraction of sp³-hybridized carbons (Fsp3) is 0.500. The maximum absolute atomic E-state index is 12.9. The Morgan fingerprint density at radius 1 is 0.900 bits per heavy atom. The number of aryl methyl sites for hydroxylation is 1. The van der Waals surface area contributed by atoms with E-state index in [0.717, 1.165) is 51.9 Å². The first kappa shape index (κ1) is 21.3. The Hall–Kier alpha value is -1.89. The molecule has 0 bridgehead atoms. The normalized spacial score (nSPS) is 23.4. The maximum Gasteiger partial charge on any atom is 0.240 e. The van der Waals surface area contributed by atoms with Gasteiger partial charge >= 0.3 is 0 Å². The summed E-state index contributed by atoms with van der Waals surface area (Å²) in [5.74, 6) is 0. The SMILES string of the molecule is CCc1ccc(N2CCN([C@@H]3CCCC[C@@H]3NS(=O)(=O)c3ccccc3)CC2)cc1. The highest BCUT2D eigenvalue weighted by Gasteiger charge is 2.34. The zero-order valence-electron chi connectivity index (χ0n) is 17.8. The molecule has 6 heteroatoms. The number of rotatable bonds is 6. The van der Waals surface area contributed by atoms with Gasteiger partial charge in [-0.15, -0.1) is 0 Å². The quantitative estimate of drug-likeness (QED) is 0.764.